The largest absolute Gasteiger partial charge is 0.316 e. The topological polar surface area (TPSA) is 12.0 Å². The fourth-order valence-electron chi connectivity index (χ4n) is 3.06. The van der Waals surface area contributed by atoms with Crippen LogP contribution in [-0.4, -0.2) is 13.1 Å². The molecule has 0 aromatic heterocycles. The van der Waals surface area contributed by atoms with Gasteiger partial charge in [0, 0.05) is 11.5 Å². The minimum absolute atomic E-state index is 0.133. The smallest absolute Gasteiger partial charge is 0.0283 e. The average molecular weight is 215 g/mol. The van der Waals surface area contributed by atoms with Crippen LogP contribution < -0.4 is 5.32 Å². The molecule has 1 aromatic carbocycles. The highest BCUT2D eigenvalue weighted by molar-refractivity contribution is 5.33. The molecule has 1 nitrogen and oxygen atoms in total. The summed E-state index contributed by atoms with van der Waals surface area (Å²) in [4.78, 5) is 0. The van der Waals surface area contributed by atoms with Crippen LogP contribution in [0.15, 0.2) is 43.0 Å². The Kier molecular flexibility index (Phi) is 3.45. The molecule has 16 heavy (non-hydrogen) atoms. The van der Waals surface area contributed by atoms with Crippen molar-refractivity contribution in [3.05, 3.63) is 48.6 Å². The first kappa shape index (κ1) is 11.4. The first-order valence-corrected chi connectivity index (χ1v) is 6.20. The molecule has 0 heterocycles. The number of nitrogens with one attached hydrogen (secondary N) is 1. The van der Waals surface area contributed by atoms with Gasteiger partial charge in [-0.05, 0) is 25.5 Å². The normalized spacial score (nSPS) is 29.9. The molecule has 0 saturated heterocycles. The van der Waals surface area contributed by atoms with Crippen molar-refractivity contribution in [2.45, 2.75) is 37.1 Å². The van der Waals surface area contributed by atoms with E-state index in [1.165, 1.54) is 31.2 Å². The third kappa shape index (κ3) is 1.80. The second kappa shape index (κ2) is 4.84. The Hall–Kier alpha value is -1.08. The van der Waals surface area contributed by atoms with Crippen molar-refractivity contribution in [2.75, 3.05) is 7.05 Å². The lowest BCUT2D eigenvalue weighted by Gasteiger charge is -2.42. The van der Waals surface area contributed by atoms with E-state index in [-0.39, 0.29) is 5.41 Å². The van der Waals surface area contributed by atoms with E-state index < -0.39 is 0 Å². The molecule has 0 amide bonds. The van der Waals surface area contributed by atoms with E-state index in [0.29, 0.717) is 6.04 Å². The summed E-state index contributed by atoms with van der Waals surface area (Å²) in [7, 11) is 2.07. The molecule has 1 aliphatic carbocycles. The van der Waals surface area contributed by atoms with Gasteiger partial charge in [-0.3, -0.25) is 0 Å². The van der Waals surface area contributed by atoms with Gasteiger partial charge in [0.25, 0.3) is 0 Å². The van der Waals surface area contributed by atoms with Crippen LogP contribution in [0, 0.1) is 0 Å². The zero-order valence-electron chi connectivity index (χ0n) is 10.1. The average Bonchev–Trinajstić information content (AvgIpc) is 2.39. The Morgan fingerprint density at radius 1 is 1.31 bits per heavy atom. The van der Waals surface area contributed by atoms with E-state index in [1.54, 1.807) is 0 Å². The molecule has 86 valence electrons. The zero-order chi connectivity index (χ0) is 11.4. The van der Waals surface area contributed by atoms with Gasteiger partial charge in [-0.2, -0.15) is 0 Å². The van der Waals surface area contributed by atoms with Crippen molar-refractivity contribution >= 4 is 0 Å². The molecule has 0 aliphatic heterocycles. The third-order valence-electron chi connectivity index (χ3n) is 3.98. The maximum atomic E-state index is 4.09. The number of hydrogen-bond acceptors (Lipinski definition) is 1. The molecule has 2 rings (SSSR count). The molecular formula is C15H21N. The Morgan fingerprint density at radius 3 is 2.69 bits per heavy atom. The van der Waals surface area contributed by atoms with Crippen LogP contribution in [0.1, 0.15) is 31.2 Å². The standard InChI is InChI=1S/C15H21N/c1-3-15(13-9-5-4-6-10-13)12-8-7-11-14(15)16-2/h3-6,9-10,14,16H,1,7-8,11-12H2,2H3/t14-,15-/m0/s1. The SMILES string of the molecule is C=C[C@@]1(c2ccccc2)CCCC[C@@H]1NC. The summed E-state index contributed by atoms with van der Waals surface area (Å²) in [5, 5.41) is 3.47. The molecule has 0 unspecified atom stereocenters. The van der Waals surface area contributed by atoms with E-state index in [0.717, 1.165) is 0 Å². The van der Waals surface area contributed by atoms with Crippen LogP contribution in [0.3, 0.4) is 0 Å². The minimum Gasteiger partial charge on any atom is -0.316 e. The summed E-state index contributed by atoms with van der Waals surface area (Å²) in [6.07, 6.45) is 7.25. The van der Waals surface area contributed by atoms with E-state index in [2.05, 4.69) is 55.4 Å². The summed E-state index contributed by atoms with van der Waals surface area (Å²) in [6.45, 7) is 4.09. The van der Waals surface area contributed by atoms with Gasteiger partial charge in [-0.1, -0.05) is 49.2 Å². The monoisotopic (exact) mass is 215 g/mol. The molecule has 0 bridgehead atoms. The van der Waals surface area contributed by atoms with E-state index in [4.69, 9.17) is 0 Å². The molecule has 0 spiro atoms. The van der Waals surface area contributed by atoms with Crippen molar-refractivity contribution in [3.63, 3.8) is 0 Å². The summed E-state index contributed by atoms with van der Waals surface area (Å²) < 4.78 is 0. The zero-order valence-corrected chi connectivity index (χ0v) is 10.1. The van der Waals surface area contributed by atoms with Gasteiger partial charge >= 0.3 is 0 Å². The molecule has 1 aliphatic rings. The van der Waals surface area contributed by atoms with Crippen molar-refractivity contribution in [1.29, 1.82) is 0 Å². The number of hydrogen-bond donors (Lipinski definition) is 1. The van der Waals surface area contributed by atoms with Crippen LogP contribution in [0.2, 0.25) is 0 Å². The lowest BCUT2D eigenvalue weighted by molar-refractivity contribution is 0.272. The highest BCUT2D eigenvalue weighted by Crippen LogP contribution is 2.40. The summed E-state index contributed by atoms with van der Waals surface area (Å²) in [5.41, 5.74) is 1.54. The van der Waals surface area contributed by atoms with Crippen LogP contribution >= 0.6 is 0 Å². The summed E-state index contributed by atoms with van der Waals surface area (Å²) >= 11 is 0. The molecule has 2 atom stereocenters. The van der Waals surface area contributed by atoms with Gasteiger partial charge < -0.3 is 5.32 Å². The first-order valence-electron chi connectivity index (χ1n) is 6.20. The second-order valence-corrected chi connectivity index (χ2v) is 4.70. The van der Waals surface area contributed by atoms with Gasteiger partial charge in [0.15, 0.2) is 0 Å². The molecule has 1 heteroatoms. The summed E-state index contributed by atoms with van der Waals surface area (Å²) in [5.74, 6) is 0. The lowest BCUT2D eigenvalue weighted by atomic mass is 9.66. The predicted molar refractivity (Wildman–Crippen MR) is 69.6 cm³/mol. The Bertz CT molecular complexity index is 344. The Morgan fingerprint density at radius 2 is 2.06 bits per heavy atom. The maximum Gasteiger partial charge on any atom is 0.0283 e. The van der Waals surface area contributed by atoms with Crippen molar-refractivity contribution in [1.82, 2.24) is 5.32 Å². The summed E-state index contributed by atoms with van der Waals surface area (Å²) in [6, 6.07) is 11.3. The van der Waals surface area contributed by atoms with Crippen LogP contribution in [0.25, 0.3) is 0 Å². The van der Waals surface area contributed by atoms with Gasteiger partial charge in [-0.25, -0.2) is 0 Å². The minimum atomic E-state index is 0.133. The van der Waals surface area contributed by atoms with Crippen LogP contribution in [0.4, 0.5) is 0 Å². The highest BCUT2D eigenvalue weighted by Gasteiger charge is 2.38. The fraction of sp³-hybridized carbons (Fsp3) is 0.467. The molecule has 1 saturated carbocycles. The quantitative estimate of drug-likeness (QED) is 0.763. The fourth-order valence-corrected chi connectivity index (χ4v) is 3.06. The van der Waals surface area contributed by atoms with Gasteiger partial charge in [0.1, 0.15) is 0 Å². The van der Waals surface area contributed by atoms with Crippen molar-refractivity contribution < 1.29 is 0 Å². The Labute approximate surface area is 98.6 Å². The maximum absolute atomic E-state index is 4.09. The predicted octanol–water partition coefficient (Wildman–Crippen LogP) is 3.27. The molecule has 0 radical (unpaired) electrons. The van der Waals surface area contributed by atoms with E-state index >= 15 is 0 Å². The van der Waals surface area contributed by atoms with E-state index in [1.807, 2.05) is 0 Å². The van der Waals surface area contributed by atoms with Crippen molar-refractivity contribution in [2.24, 2.45) is 0 Å². The lowest BCUT2D eigenvalue weighted by Crippen LogP contribution is -2.48. The van der Waals surface area contributed by atoms with Gasteiger partial charge in [-0.15, -0.1) is 6.58 Å². The first-order chi connectivity index (χ1) is 7.83. The van der Waals surface area contributed by atoms with Crippen LogP contribution in [-0.2, 0) is 5.41 Å². The Balaban J connectivity index is 2.40. The second-order valence-electron chi connectivity index (χ2n) is 4.70. The number of rotatable bonds is 3. The molecule has 1 aromatic rings. The molecule has 1 fully saturated rings. The van der Waals surface area contributed by atoms with Gasteiger partial charge in [0.2, 0.25) is 0 Å². The van der Waals surface area contributed by atoms with Gasteiger partial charge in [0.05, 0.1) is 0 Å². The molecule has 1 N–H and O–H groups in total. The van der Waals surface area contributed by atoms with Crippen molar-refractivity contribution in [3.8, 4) is 0 Å². The number of likely N-dealkylation sites (N-methyl/N-ethyl adjacent to an activating group) is 1. The molecular weight excluding hydrogens is 194 g/mol. The van der Waals surface area contributed by atoms with E-state index in [9.17, 15) is 0 Å². The third-order valence-corrected chi connectivity index (χ3v) is 3.98. The number of benzene rings is 1. The van der Waals surface area contributed by atoms with Crippen LogP contribution in [0.5, 0.6) is 0 Å². The highest BCUT2D eigenvalue weighted by atomic mass is 14.9.